The maximum absolute atomic E-state index is 13.2. The van der Waals surface area contributed by atoms with Crippen LogP contribution in [0.3, 0.4) is 0 Å². The van der Waals surface area contributed by atoms with E-state index in [1.54, 1.807) is 6.07 Å². The van der Waals surface area contributed by atoms with Crippen LogP contribution in [0.2, 0.25) is 0 Å². The molecule has 2 rings (SSSR count). The van der Waals surface area contributed by atoms with Crippen molar-refractivity contribution in [1.29, 1.82) is 0 Å². The van der Waals surface area contributed by atoms with Crippen LogP contribution in [-0.4, -0.2) is 6.04 Å². The molecule has 0 bridgehead atoms. The van der Waals surface area contributed by atoms with Gasteiger partial charge in [0.2, 0.25) is 0 Å². The van der Waals surface area contributed by atoms with E-state index in [9.17, 15) is 4.39 Å². The SMILES string of the molecule is Cc1cc(Br)c(F)cc1CNC1CC1. The molecule has 1 aromatic carbocycles. The maximum atomic E-state index is 13.2. The lowest BCUT2D eigenvalue weighted by Gasteiger charge is -2.08. The van der Waals surface area contributed by atoms with Gasteiger partial charge in [0.25, 0.3) is 0 Å². The third kappa shape index (κ3) is 2.34. The van der Waals surface area contributed by atoms with Crippen LogP contribution >= 0.6 is 15.9 Å². The Morgan fingerprint density at radius 3 is 2.86 bits per heavy atom. The molecule has 0 radical (unpaired) electrons. The van der Waals surface area contributed by atoms with E-state index in [-0.39, 0.29) is 5.82 Å². The summed E-state index contributed by atoms with van der Waals surface area (Å²) < 4.78 is 13.8. The van der Waals surface area contributed by atoms with Gasteiger partial charge < -0.3 is 5.32 Å². The summed E-state index contributed by atoms with van der Waals surface area (Å²) in [7, 11) is 0. The van der Waals surface area contributed by atoms with E-state index in [0.717, 1.165) is 17.7 Å². The second-order valence-corrected chi connectivity index (χ2v) is 4.70. The van der Waals surface area contributed by atoms with Crippen molar-refractivity contribution >= 4 is 15.9 Å². The second kappa shape index (κ2) is 3.99. The predicted molar refractivity (Wildman–Crippen MR) is 58.7 cm³/mol. The lowest BCUT2D eigenvalue weighted by Crippen LogP contribution is -2.16. The number of benzene rings is 1. The molecule has 14 heavy (non-hydrogen) atoms. The summed E-state index contributed by atoms with van der Waals surface area (Å²) in [4.78, 5) is 0. The standard InChI is InChI=1S/C11H13BrFN/c1-7-4-10(12)11(13)5-8(7)6-14-9-2-3-9/h4-5,9,14H,2-3,6H2,1H3. The molecule has 0 saturated heterocycles. The number of aryl methyl sites for hydroxylation is 1. The molecule has 1 aliphatic carbocycles. The topological polar surface area (TPSA) is 12.0 Å². The molecule has 0 heterocycles. The first-order valence-corrected chi connectivity index (χ1v) is 5.64. The lowest BCUT2D eigenvalue weighted by atomic mass is 10.1. The zero-order valence-electron chi connectivity index (χ0n) is 8.11. The van der Waals surface area contributed by atoms with Crippen molar-refractivity contribution in [2.24, 2.45) is 0 Å². The first kappa shape index (κ1) is 10.1. The molecule has 1 aromatic rings. The summed E-state index contributed by atoms with van der Waals surface area (Å²) in [5.74, 6) is -0.178. The van der Waals surface area contributed by atoms with E-state index in [0.29, 0.717) is 10.5 Å². The number of halogens is 2. The van der Waals surface area contributed by atoms with E-state index in [1.165, 1.54) is 12.8 Å². The van der Waals surface area contributed by atoms with Gasteiger partial charge in [-0.25, -0.2) is 4.39 Å². The second-order valence-electron chi connectivity index (χ2n) is 3.85. The maximum Gasteiger partial charge on any atom is 0.137 e. The van der Waals surface area contributed by atoms with Gasteiger partial charge in [-0.15, -0.1) is 0 Å². The number of nitrogens with one attached hydrogen (secondary N) is 1. The van der Waals surface area contributed by atoms with Gasteiger partial charge in [-0.3, -0.25) is 0 Å². The summed E-state index contributed by atoms with van der Waals surface area (Å²) in [6, 6.07) is 4.11. The number of hydrogen-bond donors (Lipinski definition) is 1. The van der Waals surface area contributed by atoms with Gasteiger partial charge in [-0.2, -0.15) is 0 Å². The van der Waals surface area contributed by atoms with Gasteiger partial charge in [-0.1, -0.05) is 0 Å². The highest BCUT2D eigenvalue weighted by Gasteiger charge is 2.20. The molecule has 76 valence electrons. The van der Waals surface area contributed by atoms with Crippen LogP contribution in [0.1, 0.15) is 24.0 Å². The van der Waals surface area contributed by atoms with Gasteiger partial charge in [0.15, 0.2) is 0 Å². The van der Waals surface area contributed by atoms with E-state index in [4.69, 9.17) is 0 Å². The lowest BCUT2D eigenvalue weighted by molar-refractivity contribution is 0.612. The van der Waals surface area contributed by atoms with Crippen LogP contribution in [0.15, 0.2) is 16.6 Å². The molecular formula is C11H13BrFN. The Bertz CT molecular complexity index is 347. The van der Waals surface area contributed by atoms with E-state index >= 15 is 0 Å². The fourth-order valence-electron chi connectivity index (χ4n) is 1.42. The normalized spacial score (nSPS) is 15.9. The highest BCUT2D eigenvalue weighted by molar-refractivity contribution is 9.10. The minimum atomic E-state index is -0.178. The van der Waals surface area contributed by atoms with Gasteiger partial charge in [0.05, 0.1) is 4.47 Å². The Hall–Kier alpha value is -0.410. The summed E-state index contributed by atoms with van der Waals surface area (Å²) >= 11 is 3.18. The highest BCUT2D eigenvalue weighted by atomic mass is 79.9. The summed E-state index contributed by atoms with van der Waals surface area (Å²) in [5, 5.41) is 3.38. The molecule has 0 aliphatic heterocycles. The van der Waals surface area contributed by atoms with Crippen LogP contribution in [-0.2, 0) is 6.54 Å². The van der Waals surface area contributed by atoms with Gasteiger partial charge in [0, 0.05) is 12.6 Å². The predicted octanol–water partition coefficient (Wildman–Crippen LogP) is 3.15. The van der Waals surface area contributed by atoms with E-state index in [2.05, 4.69) is 21.2 Å². The average Bonchev–Trinajstić information content (AvgIpc) is 2.92. The van der Waals surface area contributed by atoms with E-state index < -0.39 is 0 Å². The fourth-order valence-corrected chi connectivity index (χ4v) is 1.88. The molecule has 0 unspecified atom stereocenters. The third-order valence-electron chi connectivity index (χ3n) is 2.54. The number of rotatable bonds is 3. The molecule has 3 heteroatoms. The monoisotopic (exact) mass is 257 g/mol. The highest BCUT2D eigenvalue weighted by Crippen LogP contribution is 2.22. The zero-order valence-corrected chi connectivity index (χ0v) is 9.70. The molecule has 0 spiro atoms. The molecule has 1 N–H and O–H groups in total. The quantitative estimate of drug-likeness (QED) is 0.878. The molecule has 0 atom stereocenters. The Labute approximate surface area is 91.8 Å². The largest absolute Gasteiger partial charge is 0.310 e. The molecule has 1 aliphatic rings. The van der Waals surface area contributed by atoms with Crippen molar-refractivity contribution in [3.8, 4) is 0 Å². The molecule has 0 amide bonds. The van der Waals surface area contributed by atoms with Crippen LogP contribution in [0.5, 0.6) is 0 Å². The first-order valence-electron chi connectivity index (χ1n) is 4.84. The minimum Gasteiger partial charge on any atom is -0.310 e. The molecule has 1 fully saturated rings. The van der Waals surface area contributed by atoms with Crippen LogP contribution < -0.4 is 5.32 Å². The Morgan fingerprint density at radius 2 is 2.21 bits per heavy atom. The average molecular weight is 258 g/mol. The van der Waals surface area contributed by atoms with Crippen molar-refractivity contribution in [2.45, 2.75) is 32.4 Å². The molecular weight excluding hydrogens is 245 g/mol. The Balaban J connectivity index is 2.10. The summed E-state index contributed by atoms with van der Waals surface area (Å²) in [6.45, 7) is 2.79. The number of hydrogen-bond acceptors (Lipinski definition) is 1. The fraction of sp³-hybridized carbons (Fsp3) is 0.455. The Morgan fingerprint density at radius 1 is 1.50 bits per heavy atom. The summed E-state index contributed by atoms with van der Waals surface area (Å²) in [6.07, 6.45) is 2.52. The van der Waals surface area contributed by atoms with Gasteiger partial charge in [-0.05, 0) is 59.0 Å². The van der Waals surface area contributed by atoms with Crippen LogP contribution in [0, 0.1) is 12.7 Å². The van der Waals surface area contributed by atoms with Crippen molar-refractivity contribution in [3.05, 3.63) is 33.5 Å². The van der Waals surface area contributed by atoms with Crippen molar-refractivity contribution in [3.63, 3.8) is 0 Å². The smallest absolute Gasteiger partial charge is 0.137 e. The van der Waals surface area contributed by atoms with Crippen LogP contribution in [0.25, 0.3) is 0 Å². The van der Waals surface area contributed by atoms with Gasteiger partial charge >= 0.3 is 0 Å². The van der Waals surface area contributed by atoms with Crippen LogP contribution in [0.4, 0.5) is 4.39 Å². The zero-order chi connectivity index (χ0) is 10.1. The molecule has 1 nitrogen and oxygen atoms in total. The summed E-state index contributed by atoms with van der Waals surface area (Å²) in [5.41, 5.74) is 2.18. The minimum absolute atomic E-state index is 0.178. The third-order valence-corrected chi connectivity index (χ3v) is 3.15. The van der Waals surface area contributed by atoms with Gasteiger partial charge in [0.1, 0.15) is 5.82 Å². The van der Waals surface area contributed by atoms with Crippen molar-refractivity contribution < 1.29 is 4.39 Å². The molecule has 0 aromatic heterocycles. The first-order chi connectivity index (χ1) is 6.66. The van der Waals surface area contributed by atoms with Crippen molar-refractivity contribution in [2.75, 3.05) is 0 Å². The Kier molecular flexibility index (Phi) is 2.88. The molecule has 1 saturated carbocycles. The van der Waals surface area contributed by atoms with E-state index in [1.807, 2.05) is 13.0 Å². The van der Waals surface area contributed by atoms with Crippen molar-refractivity contribution in [1.82, 2.24) is 5.32 Å².